The van der Waals surface area contributed by atoms with Crippen LogP contribution >= 0.6 is 0 Å². The van der Waals surface area contributed by atoms with E-state index < -0.39 is 30.1 Å². The van der Waals surface area contributed by atoms with Crippen molar-refractivity contribution in [3.8, 4) is 17.2 Å². The number of halogens is 4. The summed E-state index contributed by atoms with van der Waals surface area (Å²) in [5, 5.41) is 0. The molecule has 0 unspecified atom stereocenters. The fourth-order valence-electron chi connectivity index (χ4n) is 4.26. The minimum Gasteiger partial charge on any atom is -0.491 e. The summed E-state index contributed by atoms with van der Waals surface area (Å²) < 4.78 is 70.8. The van der Waals surface area contributed by atoms with Crippen LogP contribution in [0.5, 0.6) is 17.2 Å². The molecule has 0 radical (unpaired) electrons. The van der Waals surface area contributed by atoms with Gasteiger partial charge in [-0.3, -0.25) is 0 Å². The summed E-state index contributed by atoms with van der Waals surface area (Å²) in [6.07, 6.45) is 3.38. The van der Waals surface area contributed by atoms with Gasteiger partial charge in [0.25, 0.3) is 0 Å². The first-order valence-electron chi connectivity index (χ1n) is 11.2. The second-order valence-corrected chi connectivity index (χ2v) is 8.23. The molecule has 0 N–H and O–H groups in total. The van der Waals surface area contributed by atoms with Gasteiger partial charge in [-0.1, -0.05) is 31.9 Å². The number of rotatable bonds is 10. The van der Waals surface area contributed by atoms with Crippen LogP contribution in [0.2, 0.25) is 0 Å². The maximum absolute atomic E-state index is 14.2. The Morgan fingerprint density at radius 1 is 0.844 bits per heavy atom. The molecule has 1 aliphatic rings. The highest BCUT2D eigenvalue weighted by atomic mass is 19.3. The maximum atomic E-state index is 14.2. The topological polar surface area (TPSA) is 27.7 Å². The Morgan fingerprint density at radius 3 is 2.00 bits per heavy atom. The average Bonchev–Trinajstić information content (AvgIpc) is 2.78. The quantitative estimate of drug-likeness (QED) is 0.348. The highest BCUT2D eigenvalue weighted by molar-refractivity contribution is 5.35. The van der Waals surface area contributed by atoms with Crippen LogP contribution in [-0.2, 0) is 0 Å². The highest BCUT2D eigenvalue weighted by Gasteiger charge is 2.34. The van der Waals surface area contributed by atoms with Crippen molar-refractivity contribution in [2.45, 2.75) is 64.4 Å². The molecule has 0 atom stereocenters. The number of hydrogen-bond acceptors (Lipinski definition) is 3. The molecule has 3 nitrogen and oxygen atoms in total. The van der Waals surface area contributed by atoms with Gasteiger partial charge in [-0.15, -0.1) is 0 Å². The van der Waals surface area contributed by atoms with Gasteiger partial charge in [-0.25, -0.2) is 0 Å². The molecule has 0 heterocycles. The molecule has 3 rings (SSSR count). The van der Waals surface area contributed by atoms with Gasteiger partial charge in [0.2, 0.25) is 11.6 Å². The third-order valence-corrected chi connectivity index (χ3v) is 5.87. The van der Waals surface area contributed by atoms with Gasteiger partial charge in [-0.05, 0) is 74.3 Å². The summed E-state index contributed by atoms with van der Waals surface area (Å²) in [7, 11) is 0. The van der Waals surface area contributed by atoms with E-state index in [9.17, 15) is 17.6 Å². The van der Waals surface area contributed by atoms with Crippen LogP contribution in [-0.4, -0.2) is 19.3 Å². The molecule has 7 heteroatoms. The third-order valence-electron chi connectivity index (χ3n) is 5.87. The Kier molecular flexibility index (Phi) is 8.26. The van der Waals surface area contributed by atoms with E-state index in [1.165, 1.54) is 37.8 Å². The molecule has 0 saturated heterocycles. The van der Waals surface area contributed by atoms with Crippen molar-refractivity contribution in [1.29, 1.82) is 0 Å². The van der Waals surface area contributed by atoms with Crippen molar-refractivity contribution in [2.24, 2.45) is 5.92 Å². The summed E-state index contributed by atoms with van der Waals surface area (Å²) in [6.45, 7) is 2.70. The molecule has 2 aromatic rings. The van der Waals surface area contributed by atoms with E-state index in [0.29, 0.717) is 5.92 Å². The van der Waals surface area contributed by atoms with Gasteiger partial charge in [0.05, 0.1) is 6.61 Å². The second kappa shape index (κ2) is 10.9. The number of benzene rings is 2. The Bertz CT molecular complexity index is 862. The van der Waals surface area contributed by atoms with Gasteiger partial charge >= 0.3 is 6.11 Å². The van der Waals surface area contributed by atoms with Crippen LogP contribution < -0.4 is 14.2 Å². The lowest BCUT2D eigenvalue weighted by molar-refractivity contribution is -0.195. The Morgan fingerprint density at radius 2 is 1.44 bits per heavy atom. The zero-order valence-corrected chi connectivity index (χ0v) is 18.5. The summed E-state index contributed by atoms with van der Waals surface area (Å²) in [4.78, 5) is 0. The number of ether oxygens (including phenoxy) is 3. The van der Waals surface area contributed by atoms with Crippen LogP contribution in [0, 0.1) is 17.6 Å². The summed E-state index contributed by atoms with van der Waals surface area (Å²) in [6, 6.07) is 8.84. The maximum Gasteiger partial charge on any atom is 0.432 e. The lowest BCUT2D eigenvalue weighted by atomic mass is 9.77. The van der Waals surface area contributed by atoms with Gasteiger partial charge in [0.1, 0.15) is 5.75 Å². The van der Waals surface area contributed by atoms with E-state index >= 15 is 0 Å². The van der Waals surface area contributed by atoms with Crippen molar-refractivity contribution >= 4 is 0 Å². The van der Waals surface area contributed by atoms with E-state index in [1.54, 1.807) is 6.92 Å². The van der Waals surface area contributed by atoms with E-state index in [-0.39, 0.29) is 18.1 Å². The predicted octanol–water partition coefficient (Wildman–Crippen LogP) is 7.49. The molecule has 0 spiro atoms. The Balaban J connectivity index is 1.55. The van der Waals surface area contributed by atoms with Crippen LogP contribution in [0.15, 0.2) is 36.4 Å². The lowest BCUT2D eigenvalue weighted by Crippen LogP contribution is -2.32. The van der Waals surface area contributed by atoms with Crippen molar-refractivity contribution in [2.75, 3.05) is 13.2 Å². The normalized spacial score (nSPS) is 18.9. The molecule has 2 aromatic carbocycles. The fourth-order valence-corrected chi connectivity index (χ4v) is 4.26. The SMILES string of the molecule is CCC[C@H]1CC[C@H](c2ccc(OC(F)(F)COc3ccc(OCC)c(F)c3F)cc2)CC1. The first kappa shape index (κ1) is 24.2. The molecule has 0 aliphatic heterocycles. The average molecular weight is 455 g/mol. The van der Waals surface area contributed by atoms with Gasteiger partial charge < -0.3 is 14.2 Å². The molecule has 0 aromatic heterocycles. The van der Waals surface area contributed by atoms with Crippen LogP contribution in [0.3, 0.4) is 0 Å². The summed E-state index contributed by atoms with van der Waals surface area (Å²) in [5.74, 6) is -2.38. The monoisotopic (exact) mass is 454 g/mol. The molecular formula is C25H30F4O3. The van der Waals surface area contributed by atoms with Gasteiger partial charge in [0, 0.05) is 0 Å². The molecule has 32 heavy (non-hydrogen) atoms. The first-order valence-corrected chi connectivity index (χ1v) is 11.2. The third kappa shape index (κ3) is 6.30. The predicted molar refractivity (Wildman–Crippen MR) is 115 cm³/mol. The van der Waals surface area contributed by atoms with Crippen LogP contribution in [0.4, 0.5) is 17.6 Å². The molecule has 1 aliphatic carbocycles. The minimum absolute atomic E-state index is 0.0136. The van der Waals surface area contributed by atoms with Crippen molar-refractivity contribution in [3.05, 3.63) is 53.6 Å². The first-order chi connectivity index (χ1) is 15.3. The highest BCUT2D eigenvalue weighted by Crippen LogP contribution is 2.38. The van der Waals surface area contributed by atoms with Crippen LogP contribution in [0.25, 0.3) is 0 Å². The van der Waals surface area contributed by atoms with Crippen LogP contribution in [0.1, 0.15) is 63.9 Å². The second-order valence-electron chi connectivity index (χ2n) is 8.23. The molecule has 176 valence electrons. The smallest absolute Gasteiger partial charge is 0.432 e. The zero-order valence-electron chi connectivity index (χ0n) is 18.5. The van der Waals surface area contributed by atoms with E-state index in [1.807, 2.05) is 12.1 Å². The standard InChI is InChI=1S/C25H30F4O3/c1-3-5-17-6-8-18(9-7-17)19-10-12-20(13-11-19)32-25(28,29)16-31-22-15-14-21(30-4-2)23(26)24(22)27/h10-15,17-18H,3-9,16H2,1-2H3/t17-,18-. The van der Waals surface area contributed by atoms with Crippen molar-refractivity contribution in [1.82, 2.24) is 0 Å². The fraction of sp³-hybridized carbons (Fsp3) is 0.520. The molecule has 1 saturated carbocycles. The van der Waals surface area contributed by atoms with Crippen molar-refractivity contribution < 1.29 is 31.8 Å². The van der Waals surface area contributed by atoms with Gasteiger partial charge in [-0.2, -0.15) is 17.6 Å². The van der Waals surface area contributed by atoms with E-state index in [2.05, 4.69) is 6.92 Å². The lowest BCUT2D eigenvalue weighted by Gasteiger charge is -2.28. The van der Waals surface area contributed by atoms with Gasteiger partial charge in [0.15, 0.2) is 18.1 Å². The van der Waals surface area contributed by atoms with E-state index in [0.717, 1.165) is 36.5 Å². The summed E-state index contributed by atoms with van der Waals surface area (Å²) in [5.41, 5.74) is 1.12. The zero-order chi connectivity index (χ0) is 23.1. The Hall–Kier alpha value is -2.44. The summed E-state index contributed by atoms with van der Waals surface area (Å²) >= 11 is 0. The largest absolute Gasteiger partial charge is 0.491 e. The Labute approximate surface area is 186 Å². The molecule has 0 amide bonds. The molecular weight excluding hydrogens is 424 g/mol. The number of alkyl halides is 2. The number of hydrogen-bond donors (Lipinski definition) is 0. The minimum atomic E-state index is -3.72. The molecule has 1 fully saturated rings. The van der Waals surface area contributed by atoms with E-state index in [4.69, 9.17) is 14.2 Å². The van der Waals surface area contributed by atoms with Crippen molar-refractivity contribution in [3.63, 3.8) is 0 Å². The molecule has 0 bridgehead atoms.